The lowest BCUT2D eigenvalue weighted by Crippen LogP contribution is -2.23. The summed E-state index contributed by atoms with van der Waals surface area (Å²) >= 11 is 3.63. The van der Waals surface area contributed by atoms with Crippen molar-refractivity contribution >= 4 is 15.9 Å². The molecule has 2 aromatic rings. The van der Waals surface area contributed by atoms with Gasteiger partial charge in [0.1, 0.15) is 11.5 Å². The summed E-state index contributed by atoms with van der Waals surface area (Å²) in [5, 5.41) is 3.52. The zero-order valence-corrected chi connectivity index (χ0v) is 14.1. The van der Waals surface area contributed by atoms with Crippen molar-refractivity contribution in [1.29, 1.82) is 0 Å². The first kappa shape index (κ1) is 15.9. The maximum absolute atomic E-state index is 5.54. The third-order valence-electron chi connectivity index (χ3n) is 3.38. The fraction of sp³-hybridized carbons (Fsp3) is 0.294. The number of hydrogen-bond acceptors (Lipinski definition) is 3. The van der Waals surface area contributed by atoms with E-state index in [4.69, 9.17) is 9.47 Å². The average molecular weight is 350 g/mol. The van der Waals surface area contributed by atoms with Crippen LogP contribution in [0.25, 0.3) is 0 Å². The fourth-order valence-corrected chi connectivity index (χ4v) is 2.87. The van der Waals surface area contributed by atoms with Crippen LogP contribution in [-0.4, -0.2) is 20.8 Å². The highest BCUT2D eigenvalue weighted by Crippen LogP contribution is 2.35. The molecule has 0 saturated carbocycles. The lowest BCUT2D eigenvalue weighted by molar-refractivity contribution is 0.387. The van der Waals surface area contributed by atoms with Crippen molar-refractivity contribution in [2.75, 3.05) is 20.8 Å². The predicted molar refractivity (Wildman–Crippen MR) is 89.2 cm³/mol. The normalized spacial score (nSPS) is 12.0. The number of nitrogens with one attached hydrogen (secondary N) is 1. The van der Waals surface area contributed by atoms with E-state index in [1.807, 2.05) is 30.3 Å². The third-order valence-corrected chi connectivity index (χ3v) is 4.10. The Bertz CT molecular complexity index is 601. The molecule has 4 heteroatoms. The molecule has 0 amide bonds. The lowest BCUT2D eigenvalue weighted by atomic mass is 9.97. The van der Waals surface area contributed by atoms with Gasteiger partial charge in [0.05, 0.1) is 20.3 Å². The molecule has 1 unspecified atom stereocenters. The van der Waals surface area contributed by atoms with Crippen molar-refractivity contribution in [2.24, 2.45) is 0 Å². The number of ether oxygens (including phenoxy) is 2. The smallest absolute Gasteiger partial charge is 0.127 e. The van der Waals surface area contributed by atoms with Gasteiger partial charge in [0.2, 0.25) is 0 Å². The second-order valence-electron chi connectivity index (χ2n) is 4.62. The highest BCUT2D eigenvalue weighted by atomic mass is 79.9. The summed E-state index contributed by atoms with van der Waals surface area (Å²) in [5.74, 6) is 1.61. The van der Waals surface area contributed by atoms with Gasteiger partial charge >= 0.3 is 0 Å². The molecule has 0 radical (unpaired) electrons. The largest absolute Gasteiger partial charge is 0.497 e. The Hall–Kier alpha value is -1.52. The van der Waals surface area contributed by atoms with E-state index in [0.717, 1.165) is 28.1 Å². The molecular formula is C17H20BrNO2. The van der Waals surface area contributed by atoms with Crippen molar-refractivity contribution in [1.82, 2.24) is 5.32 Å². The minimum Gasteiger partial charge on any atom is -0.497 e. The minimum absolute atomic E-state index is 0.0615. The van der Waals surface area contributed by atoms with Crippen LogP contribution in [0.5, 0.6) is 11.5 Å². The van der Waals surface area contributed by atoms with Gasteiger partial charge in [-0.05, 0) is 30.3 Å². The van der Waals surface area contributed by atoms with Crippen molar-refractivity contribution in [3.05, 3.63) is 58.1 Å². The molecule has 0 spiro atoms. The van der Waals surface area contributed by atoms with Gasteiger partial charge < -0.3 is 14.8 Å². The molecule has 1 atom stereocenters. The van der Waals surface area contributed by atoms with Gasteiger partial charge in [0, 0.05) is 16.1 Å². The first-order valence-corrected chi connectivity index (χ1v) is 7.70. The van der Waals surface area contributed by atoms with E-state index in [-0.39, 0.29) is 6.04 Å². The van der Waals surface area contributed by atoms with Gasteiger partial charge in [-0.25, -0.2) is 0 Å². The number of methoxy groups -OCH3 is 2. The van der Waals surface area contributed by atoms with Gasteiger partial charge in [-0.1, -0.05) is 41.1 Å². The van der Waals surface area contributed by atoms with Crippen molar-refractivity contribution in [2.45, 2.75) is 13.0 Å². The predicted octanol–water partition coefficient (Wildman–Crippen LogP) is 4.17. The molecule has 0 aromatic heterocycles. The molecule has 0 aliphatic carbocycles. The molecule has 0 heterocycles. The Morgan fingerprint density at radius 2 is 1.81 bits per heavy atom. The van der Waals surface area contributed by atoms with Crippen LogP contribution in [0.2, 0.25) is 0 Å². The first-order chi connectivity index (χ1) is 10.2. The molecule has 2 rings (SSSR count). The number of halogens is 1. The van der Waals surface area contributed by atoms with Gasteiger partial charge in [0.15, 0.2) is 0 Å². The highest BCUT2D eigenvalue weighted by Gasteiger charge is 2.19. The molecule has 0 bridgehead atoms. The van der Waals surface area contributed by atoms with Crippen LogP contribution in [-0.2, 0) is 0 Å². The van der Waals surface area contributed by atoms with Gasteiger partial charge in [-0.3, -0.25) is 0 Å². The topological polar surface area (TPSA) is 30.5 Å². The summed E-state index contributed by atoms with van der Waals surface area (Å²) in [4.78, 5) is 0. The maximum Gasteiger partial charge on any atom is 0.127 e. The maximum atomic E-state index is 5.54. The monoisotopic (exact) mass is 349 g/mol. The SMILES string of the molecule is CCNC(c1ccccc1Br)c1ccc(OC)cc1OC. The average Bonchev–Trinajstić information content (AvgIpc) is 2.53. The molecule has 2 aromatic carbocycles. The molecule has 112 valence electrons. The van der Waals surface area contributed by atoms with Crippen LogP contribution in [0.1, 0.15) is 24.1 Å². The van der Waals surface area contributed by atoms with E-state index in [0.29, 0.717) is 0 Å². The first-order valence-electron chi connectivity index (χ1n) is 6.91. The summed E-state index contributed by atoms with van der Waals surface area (Å²) in [5.41, 5.74) is 2.27. The van der Waals surface area contributed by atoms with E-state index in [9.17, 15) is 0 Å². The van der Waals surface area contributed by atoms with Gasteiger partial charge in [-0.15, -0.1) is 0 Å². The molecular weight excluding hydrogens is 330 g/mol. The van der Waals surface area contributed by atoms with Crippen molar-refractivity contribution in [3.63, 3.8) is 0 Å². The van der Waals surface area contributed by atoms with Crippen LogP contribution >= 0.6 is 15.9 Å². The summed E-state index contributed by atoms with van der Waals surface area (Å²) in [6, 6.07) is 14.2. The lowest BCUT2D eigenvalue weighted by Gasteiger charge is -2.22. The summed E-state index contributed by atoms with van der Waals surface area (Å²) < 4.78 is 11.9. The summed E-state index contributed by atoms with van der Waals surface area (Å²) in [6.45, 7) is 2.96. The van der Waals surface area contributed by atoms with Crippen molar-refractivity contribution in [3.8, 4) is 11.5 Å². The number of hydrogen-bond donors (Lipinski definition) is 1. The molecule has 0 aliphatic rings. The Labute approximate surface area is 134 Å². The van der Waals surface area contributed by atoms with Gasteiger partial charge in [-0.2, -0.15) is 0 Å². The minimum atomic E-state index is 0.0615. The van der Waals surface area contributed by atoms with Gasteiger partial charge in [0.25, 0.3) is 0 Å². The zero-order valence-electron chi connectivity index (χ0n) is 12.5. The number of rotatable bonds is 6. The fourth-order valence-electron chi connectivity index (χ4n) is 2.36. The van der Waals surface area contributed by atoms with E-state index in [1.54, 1.807) is 14.2 Å². The quantitative estimate of drug-likeness (QED) is 0.848. The van der Waals surface area contributed by atoms with E-state index < -0.39 is 0 Å². The number of benzene rings is 2. The van der Waals surface area contributed by atoms with Crippen LogP contribution in [0.3, 0.4) is 0 Å². The van der Waals surface area contributed by atoms with E-state index in [2.05, 4.69) is 40.3 Å². The second-order valence-corrected chi connectivity index (χ2v) is 5.47. The second kappa shape index (κ2) is 7.48. The molecule has 0 aliphatic heterocycles. The van der Waals surface area contributed by atoms with Crippen LogP contribution in [0, 0.1) is 0 Å². The van der Waals surface area contributed by atoms with E-state index >= 15 is 0 Å². The Balaban J connectivity index is 2.50. The highest BCUT2D eigenvalue weighted by molar-refractivity contribution is 9.10. The van der Waals surface area contributed by atoms with E-state index in [1.165, 1.54) is 5.56 Å². The molecule has 21 heavy (non-hydrogen) atoms. The Kier molecular flexibility index (Phi) is 5.65. The molecule has 0 fully saturated rings. The molecule has 1 N–H and O–H groups in total. The third kappa shape index (κ3) is 3.57. The summed E-state index contributed by atoms with van der Waals surface area (Å²) in [7, 11) is 3.34. The Morgan fingerprint density at radius 1 is 1.05 bits per heavy atom. The molecule has 3 nitrogen and oxygen atoms in total. The standard InChI is InChI=1S/C17H20BrNO2/c1-4-19-17(13-7-5-6-8-15(13)18)14-10-9-12(20-2)11-16(14)21-3/h5-11,17,19H,4H2,1-3H3. The molecule has 0 saturated heterocycles. The Morgan fingerprint density at radius 3 is 2.43 bits per heavy atom. The van der Waals surface area contributed by atoms with Crippen LogP contribution in [0.15, 0.2) is 46.9 Å². The van der Waals surface area contributed by atoms with Crippen molar-refractivity contribution < 1.29 is 9.47 Å². The zero-order chi connectivity index (χ0) is 15.2. The van der Waals surface area contributed by atoms with Crippen LogP contribution in [0.4, 0.5) is 0 Å². The summed E-state index contributed by atoms with van der Waals surface area (Å²) in [6.07, 6.45) is 0. The van der Waals surface area contributed by atoms with Crippen LogP contribution < -0.4 is 14.8 Å².